The molecule has 1 aliphatic heterocycles. The van der Waals surface area contributed by atoms with E-state index in [4.69, 9.17) is 32.7 Å². The summed E-state index contributed by atoms with van der Waals surface area (Å²) in [6.07, 6.45) is 6.21. The summed E-state index contributed by atoms with van der Waals surface area (Å²) in [6, 6.07) is 10.3. The maximum atomic E-state index is 13.3. The molecule has 2 aromatic rings. The van der Waals surface area contributed by atoms with Gasteiger partial charge in [0.25, 0.3) is 11.8 Å². The second-order valence-corrected chi connectivity index (χ2v) is 9.85. The summed E-state index contributed by atoms with van der Waals surface area (Å²) in [6.45, 7) is 7.05. The van der Waals surface area contributed by atoms with Crippen LogP contribution in [0.25, 0.3) is 0 Å². The summed E-state index contributed by atoms with van der Waals surface area (Å²) < 4.78 is 11.8. The largest absolute Gasteiger partial charge is 0.493 e. The molecule has 0 aromatic heterocycles. The Bertz CT molecular complexity index is 941. The van der Waals surface area contributed by atoms with Crippen LogP contribution in [0.15, 0.2) is 36.4 Å². The maximum Gasteiger partial charge on any atom is 0.257 e. The van der Waals surface area contributed by atoms with Crippen LogP contribution in [0.4, 0.5) is 0 Å². The van der Waals surface area contributed by atoms with Gasteiger partial charge in [-0.2, -0.15) is 0 Å². The van der Waals surface area contributed by atoms with E-state index in [-0.39, 0.29) is 11.8 Å². The molecule has 0 N–H and O–H groups in total. The topological polar surface area (TPSA) is 59.1 Å². The van der Waals surface area contributed by atoms with Gasteiger partial charge in [-0.3, -0.25) is 9.59 Å². The molecule has 0 atom stereocenters. The van der Waals surface area contributed by atoms with E-state index in [9.17, 15) is 9.59 Å². The molecule has 0 saturated carbocycles. The number of piperazine rings is 1. The Morgan fingerprint density at radius 2 is 1.08 bits per heavy atom. The van der Waals surface area contributed by atoms with Gasteiger partial charge in [0.1, 0.15) is 11.5 Å². The van der Waals surface area contributed by atoms with Gasteiger partial charge in [-0.25, -0.2) is 0 Å². The first-order valence-electron chi connectivity index (χ1n) is 12.9. The Balaban J connectivity index is 1.64. The summed E-state index contributed by atoms with van der Waals surface area (Å²) >= 11 is 12.4. The molecule has 1 aliphatic rings. The normalized spacial score (nSPS) is 13.6. The fourth-order valence-corrected chi connectivity index (χ4v) is 4.46. The number of hydrogen-bond donors (Lipinski definition) is 0. The lowest BCUT2D eigenvalue weighted by Crippen LogP contribution is -2.50. The van der Waals surface area contributed by atoms with Crippen molar-refractivity contribution in [3.05, 3.63) is 57.6 Å². The number of hydrogen-bond acceptors (Lipinski definition) is 4. The van der Waals surface area contributed by atoms with E-state index in [2.05, 4.69) is 13.8 Å². The van der Waals surface area contributed by atoms with Crippen molar-refractivity contribution < 1.29 is 19.1 Å². The molecule has 8 heteroatoms. The van der Waals surface area contributed by atoms with Crippen LogP contribution in [0.5, 0.6) is 11.5 Å². The van der Waals surface area contributed by atoms with Crippen molar-refractivity contribution in [2.24, 2.45) is 0 Å². The average molecular weight is 536 g/mol. The Labute approximate surface area is 224 Å². The highest BCUT2D eigenvalue weighted by Gasteiger charge is 2.28. The minimum absolute atomic E-state index is 0.141. The predicted octanol–water partition coefficient (Wildman–Crippen LogP) is 6.73. The Kier molecular flexibility index (Phi) is 11.2. The quantitative estimate of drug-likeness (QED) is 0.283. The average Bonchev–Trinajstić information content (AvgIpc) is 2.89. The van der Waals surface area contributed by atoms with Gasteiger partial charge in [0.2, 0.25) is 0 Å². The number of carbonyl (C=O) groups excluding carboxylic acids is 2. The molecule has 3 rings (SSSR count). The number of halogens is 2. The fourth-order valence-electron chi connectivity index (χ4n) is 4.11. The lowest BCUT2D eigenvalue weighted by Gasteiger charge is -2.35. The molecule has 0 radical (unpaired) electrons. The van der Waals surface area contributed by atoms with Crippen LogP contribution >= 0.6 is 23.2 Å². The van der Waals surface area contributed by atoms with E-state index >= 15 is 0 Å². The first-order chi connectivity index (χ1) is 17.4. The number of ether oxygens (including phenoxy) is 2. The number of rotatable bonds is 12. The van der Waals surface area contributed by atoms with Gasteiger partial charge >= 0.3 is 0 Å². The third-order valence-corrected chi connectivity index (χ3v) is 6.68. The van der Waals surface area contributed by atoms with Crippen molar-refractivity contribution >= 4 is 35.0 Å². The van der Waals surface area contributed by atoms with Crippen molar-refractivity contribution in [2.45, 2.75) is 52.4 Å². The van der Waals surface area contributed by atoms with Crippen molar-refractivity contribution in [3.63, 3.8) is 0 Å². The molecule has 0 bridgehead atoms. The van der Waals surface area contributed by atoms with Gasteiger partial charge in [-0.15, -0.1) is 0 Å². The van der Waals surface area contributed by atoms with Crippen LogP contribution in [0.3, 0.4) is 0 Å². The zero-order valence-electron chi connectivity index (χ0n) is 21.2. The van der Waals surface area contributed by atoms with E-state index < -0.39 is 0 Å². The molecule has 6 nitrogen and oxygen atoms in total. The first-order valence-corrected chi connectivity index (χ1v) is 13.6. The zero-order chi connectivity index (χ0) is 25.9. The Morgan fingerprint density at radius 3 is 1.44 bits per heavy atom. The fraction of sp³-hybridized carbons (Fsp3) is 0.500. The van der Waals surface area contributed by atoms with Crippen LogP contribution in [-0.2, 0) is 0 Å². The summed E-state index contributed by atoms with van der Waals surface area (Å²) in [4.78, 5) is 30.1. The third kappa shape index (κ3) is 7.78. The van der Waals surface area contributed by atoms with Crippen molar-refractivity contribution in [1.82, 2.24) is 9.80 Å². The lowest BCUT2D eigenvalue weighted by atomic mass is 10.1. The molecule has 0 aliphatic carbocycles. The van der Waals surface area contributed by atoms with Gasteiger partial charge in [0.15, 0.2) is 0 Å². The maximum absolute atomic E-state index is 13.3. The SMILES string of the molecule is CCCCCOc1ccc(Cl)cc1C(=O)N1CCN(C(=O)c2cc(Cl)ccc2OCCCCC)CC1. The summed E-state index contributed by atoms with van der Waals surface area (Å²) in [5.74, 6) is 0.807. The van der Waals surface area contributed by atoms with Gasteiger partial charge in [0, 0.05) is 36.2 Å². The van der Waals surface area contributed by atoms with Gasteiger partial charge in [-0.1, -0.05) is 62.7 Å². The Hall–Kier alpha value is -2.44. The molecular formula is C28H36Cl2N2O4. The van der Waals surface area contributed by atoms with Crippen LogP contribution in [0.2, 0.25) is 10.0 Å². The van der Waals surface area contributed by atoms with Gasteiger partial charge in [-0.05, 0) is 49.2 Å². The molecule has 2 amide bonds. The highest BCUT2D eigenvalue weighted by molar-refractivity contribution is 6.31. The summed E-state index contributed by atoms with van der Waals surface area (Å²) in [7, 11) is 0. The molecule has 1 fully saturated rings. The molecule has 0 unspecified atom stereocenters. The molecule has 196 valence electrons. The Morgan fingerprint density at radius 1 is 0.694 bits per heavy atom. The minimum Gasteiger partial charge on any atom is -0.493 e. The second kappa shape index (κ2) is 14.3. The van der Waals surface area contributed by atoms with E-state index in [1.54, 1.807) is 46.2 Å². The predicted molar refractivity (Wildman–Crippen MR) is 145 cm³/mol. The van der Waals surface area contributed by atoms with E-state index in [1.165, 1.54) is 0 Å². The van der Waals surface area contributed by atoms with Crippen LogP contribution in [0, 0.1) is 0 Å². The van der Waals surface area contributed by atoms with Crippen molar-refractivity contribution in [2.75, 3.05) is 39.4 Å². The third-order valence-electron chi connectivity index (χ3n) is 6.21. The van der Waals surface area contributed by atoms with Crippen LogP contribution < -0.4 is 9.47 Å². The first kappa shape index (κ1) is 28.1. The molecule has 1 saturated heterocycles. The lowest BCUT2D eigenvalue weighted by molar-refractivity contribution is 0.0530. The molecule has 0 spiro atoms. The standard InChI is InChI=1S/C28H36Cl2N2O4/c1-3-5-7-17-35-25-11-9-21(29)19-23(25)27(33)31-13-15-32(16-14-31)28(34)24-20-22(30)10-12-26(24)36-18-8-6-4-2/h9-12,19-20H,3-8,13-18H2,1-2H3. The second-order valence-electron chi connectivity index (χ2n) is 8.98. The number of benzene rings is 2. The smallest absolute Gasteiger partial charge is 0.257 e. The van der Waals surface area contributed by atoms with Gasteiger partial charge < -0.3 is 19.3 Å². The number of unbranched alkanes of at least 4 members (excludes halogenated alkanes) is 4. The van der Waals surface area contributed by atoms with Crippen molar-refractivity contribution in [1.29, 1.82) is 0 Å². The van der Waals surface area contributed by atoms with E-state index in [0.717, 1.165) is 38.5 Å². The summed E-state index contributed by atoms with van der Waals surface area (Å²) in [5.41, 5.74) is 0.910. The monoisotopic (exact) mass is 534 g/mol. The highest BCUT2D eigenvalue weighted by atomic mass is 35.5. The number of carbonyl (C=O) groups is 2. The van der Waals surface area contributed by atoms with E-state index in [1.807, 2.05) is 0 Å². The number of nitrogens with zero attached hydrogens (tertiary/aromatic N) is 2. The molecule has 2 aromatic carbocycles. The molecule has 36 heavy (non-hydrogen) atoms. The summed E-state index contributed by atoms with van der Waals surface area (Å²) in [5, 5.41) is 0.973. The molecule has 1 heterocycles. The van der Waals surface area contributed by atoms with Crippen molar-refractivity contribution in [3.8, 4) is 11.5 Å². The highest BCUT2D eigenvalue weighted by Crippen LogP contribution is 2.27. The van der Waals surface area contributed by atoms with Crippen LogP contribution in [0.1, 0.15) is 73.1 Å². The zero-order valence-corrected chi connectivity index (χ0v) is 22.7. The molecular weight excluding hydrogens is 499 g/mol. The minimum atomic E-state index is -0.141. The van der Waals surface area contributed by atoms with E-state index in [0.29, 0.717) is 72.1 Å². The van der Waals surface area contributed by atoms with Gasteiger partial charge in [0.05, 0.1) is 24.3 Å². The number of amides is 2. The van der Waals surface area contributed by atoms with Crippen LogP contribution in [-0.4, -0.2) is 61.0 Å².